The summed E-state index contributed by atoms with van der Waals surface area (Å²) in [6.45, 7) is 2.64. The van der Waals surface area contributed by atoms with Crippen LogP contribution in [-0.2, 0) is 9.59 Å². The van der Waals surface area contributed by atoms with Gasteiger partial charge in [0.2, 0.25) is 0 Å². The lowest BCUT2D eigenvalue weighted by Gasteiger charge is -2.12. The van der Waals surface area contributed by atoms with Gasteiger partial charge in [0.15, 0.2) is 0 Å². The van der Waals surface area contributed by atoms with E-state index in [1.165, 1.54) is 11.3 Å². The van der Waals surface area contributed by atoms with Gasteiger partial charge in [0.05, 0.1) is 9.88 Å². The smallest absolute Gasteiger partial charge is 0.326 e. The molecule has 0 unspecified atom stereocenters. The van der Waals surface area contributed by atoms with Crippen molar-refractivity contribution in [1.29, 1.82) is 0 Å². The van der Waals surface area contributed by atoms with Crippen molar-refractivity contribution in [3.63, 3.8) is 0 Å². The first-order valence-electron chi connectivity index (χ1n) is 6.03. The van der Waals surface area contributed by atoms with Crippen LogP contribution in [0.15, 0.2) is 12.1 Å². The predicted octanol–water partition coefficient (Wildman–Crippen LogP) is 1.23. The van der Waals surface area contributed by atoms with Crippen molar-refractivity contribution in [2.24, 2.45) is 0 Å². The van der Waals surface area contributed by atoms with Crippen LogP contribution in [0.1, 0.15) is 29.4 Å². The normalized spacial score (nSPS) is 11.7. The maximum Gasteiger partial charge on any atom is 0.326 e. The average molecular weight is 300 g/mol. The van der Waals surface area contributed by atoms with Crippen molar-refractivity contribution in [2.45, 2.75) is 25.8 Å². The predicted molar refractivity (Wildman–Crippen MR) is 74.2 cm³/mol. The Morgan fingerprint density at radius 2 is 2.00 bits per heavy atom. The fourth-order valence-corrected chi connectivity index (χ4v) is 2.36. The summed E-state index contributed by atoms with van der Waals surface area (Å²) in [5.41, 5.74) is 0. The third-order valence-electron chi connectivity index (χ3n) is 2.43. The zero-order valence-electron chi connectivity index (χ0n) is 10.9. The minimum atomic E-state index is -1.25. The van der Waals surface area contributed by atoms with Crippen molar-refractivity contribution in [1.82, 2.24) is 5.32 Å². The van der Waals surface area contributed by atoms with E-state index in [2.05, 4.69) is 10.6 Å². The molecule has 0 fully saturated rings. The summed E-state index contributed by atoms with van der Waals surface area (Å²) in [6, 6.07) is 2.12. The molecule has 110 valence electrons. The third-order valence-corrected chi connectivity index (χ3v) is 3.47. The minimum absolute atomic E-state index is 0.151. The van der Waals surface area contributed by atoms with Gasteiger partial charge >= 0.3 is 11.9 Å². The Morgan fingerprint density at radius 1 is 1.30 bits per heavy atom. The number of anilines is 1. The number of thiophene rings is 1. The van der Waals surface area contributed by atoms with Gasteiger partial charge in [0.25, 0.3) is 5.91 Å². The molecule has 1 heterocycles. The second kappa shape index (κ2) is 7.49. The van der Waals surface area contributed by atoms with Crippen LogP contribution >= 0.6 is 11.3 Å². The minimum Gasteiger partial charge on any atom is -0.481 e. The Balaban J connectivity index is 2.64. The van der Waals surface area contributed by atoms with E-state index in [-0.39, 0.29) is 12.8 Å². The number of carbonyl (C=O) groups excluding carboxylic acids is 1. The topological polar surface area (TPSA) is 116 Å². The highest BCUT2D eigenvalue weighted by molar-refractivity contribution is 7.17. The Labute approximate surface area is 119 Å². The van der Waals surface area contributed by atoms with E-state index in [1.54, 1.807) is 12.1 Å². The van der Waals surface area contributed by atoms with E-state index >= 15 is 0 Å². The molecule has 1 aromatic heterocycles. The van der Waals surface area contributed by atoms with Crippen molar-refractivity contribution in [3.8, 4) is 0 Å². The van der Waals surface area contributed by atoms with Gasteiger partial charge in [-0.15, -0.1) is 11.3 Å². The largest absolute Gasteiger partial charge is 0.481 e. The summed E-state index contributed by atoms with van der Waals surface area (Å²) in [5.74, 6) is -2.86. The Morgan fingerprint density at radius 3 is 2.55 bits per heavy atom. The third kappa shape index (κ3) is 4.88. The van der Waals surface area contributed by atoms with Crippen molar-refractivity contribution in [2.75, 3.05) is 11.9 Å². The number of nitrogens with one attached hydrogen (secondary N) is 2. The molecule has 0 radical (unpaired) electrons. The maximum atomic E-state index is 11.9. The van der Waals surface area contributed by atoms with E-state index in [1.807, 2.05) is 6.92 Å². The second-order valence-corrected chi connectivity index (χ2v) is 5.07. The molecule has 4 N–H and O–H groups in total. The number of hydrogen-bond donors (Lipinski definition) is 4. The first-order chi connectivity index (χ1) is 9.43. The average Bonchev–Trinajstić information content (AvgIpc) is 2.82. The molecular formula is C12H16N2O5S. The van der Waals surface area contributed by atoms with Crippen LogP contribution in [0, 0.1) is 0 Å². The fourth-order valence-electron chi connectivity index (χ4n) is 1.48. The zero-order valence-corrected chi connectivity index (χ0v) is 11.7. The molecule has 0 aliphatic rings. The van der Waals surface area contributed by atoms with Crippen LogP contribution in [0.25, 0.3) is 0 Å². The number of hydrogen-bond acceptors (Lipinski definition) is 5. The van der Waals surface area contributed by atoms with Gasteiger partial charge in [-0.25, -0.2) is 4.79 Å². The number of aliphatic carboxylic acids is 2. The number of rotatable bonds is 8. The summed E-state index contributed by atoms with van der Waals surface area (Å²) < 4.78 is 0. The summed E-state index contributed by atoms with van der Waals surface area (Å²) in [6.07, 6.45) is -0.466. The number of carboxylic acids is 2. The van der Waals surface area contributed by atoms with Gasteiger partial charge in [0, 0.05) is 13.0 Å². The number of carboxylic acid groups (broad SMARTS) is 2. The molecule has 0 bridgehead atoms. The van der Waals surface area contributed by atoms with Gasteiger partial charge in [-0.05, 0) is 25.5 Å². The van der Waals surface area contributed by atoms with Crippen molar-refractivity contribution < 1.29 is 24.6 Å². The lowest BCUT2D eigenvalue weighted by Crippen LogP contribution is -2.40. The van der Waals surface area contributed by atoms with Crippen molar-refractivity contribution in [3.05, 3.63) is 17.0 Å². The number of carbonyl (C=O) groups is 3. The van der Waals surface area contributed by atoms with Gasteiger partial charge in [-0.1, -0.05) is 0 Å². The first kappa shape index (κ1) is 16.0. The van der Waals surface area contributed by atoms with Crippen LogP contribution in [0.5, 0.6) is 0 Å². The molecule has 0 aromatic carbocycles. The molecule has 8 heteroatoms. The SMILES string of the molecule is CCNc1ccc(C(=O)N[C@@H](CCC(=O)O)C(=O)O)s1. The molecule has 1 atom stereocenters. The van der Waals surface area contributed by atoms with Crippen LogP contribution < -0.4 is 10.6 Å². The Kier molecular flexibility index (Phi) is 5.98. The molecule has 0 aliphatic heterocycles. The van der Waals surface area contributed by atoms with Gasteiger partial charge in [-0.3, -0.25) is 9.59 Å². The lowest BCUT2D eigenvalue weighted by molar-refractivity contribution is -0.140. The Bertz CT molecular complexity index is 500. The highest BCUT2D eigenvalue weighted by Crippen LogP contribution is 2.21. The first-order valence-corrected chi connectivity index (χ1v) is 6.84. The molecule has 7 nitrogen and oxygen atoms in total. The quantitative estimate of drug-likeness (QED) is 0.574. The Hall–Kier alpha value is -2.09. The summed E-state index contributed by atoms with van der Waals surface area (Å²) in [5, 5.41) is 23.7. The van der Waals surface area contributed by atoms with E-state index in [0.717, 1.165) is 11.5 Å². The second-order valence-electron chi connectivity index (χ2n) is 3.99. The van der Waals surface area contributed by atoms with E-state index in [9.17, 15) is 14.4 Å². The highest BCUT2D eigenvalue weighted by Gasteiger charge is 2.22. The molecule has 0 saturated carbocycles. The van der Waals surface area contributed by atoms with E-state index in [4.69, 9.17) is 10.2 Å². The number of amides is 1. The molecule has 1 rings (SSSR count). The summed E-state index contributed by atoms with van der Waals surface area (Å²) >= 11 is 1.21. The maximum absolute atomic E-state index is 11.9. The summed E-state index contributed by atoms with van der Waals surface area (Å²) in [4.78, 5) is 33.7. The van der Waals surface area contributed by atoms with Gasteiger partial charge in [-0.2, -0.15) is 0 Å². The monoisotopic (exact) mass is 300 g/mol. The zero-order chi connectivity index (χ0) is 15.1. The highest BCUT2D eigenvalue weighted by atomic mass is 32.1. The van der Waals surface area contributed by atoms with Crippen LogP contribution in [-0.4, -0.2) is 40.6 Å². The summed E-state index contributed by atoms with van der Waals surface area (Å²) in [7, 11) is 0. The van der Waals surface area contributed by atoms with E-state index in [0.29, 0.717) is 4.88 Å². The van der Waals surface area contributed by atoms with E-state index < -0.39 is 23.9 Å². The van der Waals surface area contributed by atoms with Crippen molar-refractivity contribution >= 4 is 34.2 Å². The fraction of sp³-hybridized carbons (Fsp3) is 0.417. The molecule has 20 heavy (non-hydrogen) atoms. The molecule has 0 saturated heterocycles. The van der Waals surface area contributed by atoms with Gasteiger partial charge in [0.1, 0.15) is 6.04 Å². The standard InChI is InChI=1S/C12H16N2O5S/c1-2-13-9-5-4-8(20-9)11(17)14-7(12(18)19)3-6-10(15)16/h4-5,7,13H,2-3,6H2,1H3,(H,14,17)(H,15,16)(H,18,19)/t7-/m0/s1. The lowest BCUT2D eigenvalue weighted by atomic mass is 10.1. The van der Waals surface area contributed by atoms with Crippen LogP contribution in [0.4, 0.5) is 5.00 Å². The molecular weight excluding hydrogens is 284 g/mol. The molecule has 1 aromatic rings. The van der Waals surface area contributed by atoms with Crippen LogP contribution in [0.2, 0.25) is 0 Å². The molecule has 1 amide bonds. The molecule has 0 spiro atoms. The molecule has 0 aliphatic carbocycles. The van der Waals surface area contributed by atoms with Crippen LogP contribution in [0.3, 0.4) is 0 Å². The van der Waals surface area contributed by atoms with Gasteiger partial charge < -0.3 is 20.8 Å².